The average molecular weight is 394 g/mol. The van der Waals surface area contributed by atoms with Crippen LogP contribution in [0.15, 0.2) is 53.9 Å². The number of amides is 1. The lowest BCUT2D eigenvalue weighted by atomic mass is 10.1. The number of thiazole rings is 1. The number of hydrogen-bond acceptors (Lipinski definition) is 5. The number of carbonyl (C=O) groups is 1. The van der Waals surface area contributed by atoms with Gasteiger partial charge in [0.15, 0.2) is 6.61 Å². The molecule has 4 rings (SSSR count). The van der Waals surface area contributed by atoms with Gasteiger partial charge in [0.2, 0.25) is 0 Å². The second kappa shape index (κ2) is 8.44. The molecule has 0 unspecified atom stereocenters. The van der Waals surface area contributed by atoms with Gasteiger partial charge >= 0.3 is 0 Å². The lowest BCUT2D eigenvalue weighted by Gasteiger charge is -2.29. The van der Waals surface area contributed by atoms with Crippen LogP contribution in [0.4, 0.5) is 5.69 Å². The molecule has 1 aliphatic heterocycles. The average Bonchev–Trinajstić information content (AvgIpc) is 3.16. The van der Waals surface area contributed by atoms with Gasteiger partial charge in [-0.25, -0.2) is 4.98 Å². The fourth-order valence-corrected chi connectivity index (χ4v) is 3.80. The zero-order valence-electron chi connectivity index (χ0n) is 15.8. The third-order valence-corrected chi connectivity index (χ3v) is 5.38. The van der Waals surface area contributed by atoms with Gasteiger partial charge in [0, 0.05) is 17.5 Å². The number of nitrogens with zero attached hydrogens (tertiary/aromatic N) is 2. The number of rotatable bonds is 7. The Morgan fingerprint density at radius 1 is 1.18 bits per heavy atom. The van der Waals surface area contributed by atoms with Gasteiger partial charge in [0.05, 0.1) is 23.0 Å². The molecular weight excluding hydrogens is 372 g/mol. The second-order valence-electron chi connectivity index (χ2n) is 6.64. The van der Waals surface area contributed by atoms with Crippen LogP contribution in [0.3, 0.4) is 0 Å². The smallest absolute Gasteiger partial charge is 0.265 e. The minimum absolute atomic E-state index is 0.0110. The van der Waals surface area contributed by atoms with E-state index in [1.807, 2.05) is 65.7 Å². The maximum Gasteiger partial charge on any atom is 0.265 e. The highest BCUT2D eigenvalue weighted by Crippen LogP contribution is 2.36. The summed E-state index contributed by atoms with van der Waals surface area (Å²) in [5.74, 6) is 1.61. The first-order valence-corrected chi connectivity index (χ1v) is 10.3. The number of anilines is 1. The van der Waals surface area contributed by atoms with Gasteiger partial charge in [-0.15, -0.1) is 11.3 Å². The molecule has 5 nitrogen and oxygen atoms in total. The maximum atomic E-state index is 12.5. The molecule has 0 radical (unpaired) electrons. The van der Waals surface area contributed by atoms with Crippen LogP contribution in [0.5, 0.6) is 11.5 Å². The van der Waals surface area contributed by atoms with Crippen LogP contribution in [0.2, 0.25) is 0 Å². The molecule has 0 spiro atoms. The van der Waals surface area contributed by atoms with Crippen molar-refractivity contribution in [3.05, 3.63) is 58.9 Å². The number of unbranched alkanes of at least 4 members (excludes halogenated alkanes) is 1. The van der Waals surface area contributed by atoms with Crippen LogP contribution in [-0.2, 0) is 4.79 Å². The molecule has 6 heteroatoms. The SMILES string of the molecule is Cc1nc(-c2ccc3c(c2)N(CCCCOc2ccccc2)C(=O)CO3)cs1. The first-order chi connectivity index (χ1) is 13.7. The van der Waals surface area contributed by atoms with Gasteiger partial charge in [-0.1, -0.05) is 18.2 Å². The van der Waals surface area contributed by atoms with E-state index >= 15 is 0 Å². The summed E-state index contributed by atoms with van der Waals surface area (Å²) in [5, 5.41) is 3.06. The van der Waals surface area contributed by atoms with Crippen molar-refractivity contribution in [1.82, 2.24) is 4.98 Å². The molecule has 1 amide bonds. The molecule has 3 aromatic rings. The fraction of sp³-hybridized carbons (Fsp3) is 0.273. The van der Waals surface area contributed by atoms with Gasteiger partial charge in [-0.05, 0) is 50.1 Å². The van der Waals surface area contributed by atoms with Crippen LogP contribution in [0.1, 0.15) is 17.8 Å². The predicted octanol–water partition coefficient (Wildman–Crippen LogP) is 4.70. The molecule has 0 bridgehead atoms. The molecule has 0 atom stereocenters. The fourth-order valence-electron chi connectivity index (χ4n) is 3.18. The first-order valence-electron chi connectivity index (χ1n) is 9.38. The topological polar surface area (TPSA) is 51.7 Å². The Balaban J connectivity index is 1.41. The summed E-state index contributed by atoms with van der Waals surface area (Å²) in [6.07, 6.45) is 1.73. The normalized spacial score (nSPS) is 13.2. The quantitative estimate of drug-likeness (QED) is 0.545. The van der Waals surface area contributed by atoms with Crippen molar-refractivity contribution in [3.8, 4) is 22.8 Å². The Hall–Kier alpha value is -2.86. The summed E-state index contributed by atoms with van der Waals surface area (Å²) in [6, 6.07) is 15.7. The summed E-state index contributed by atoms with van der Waals surface area (Å²) < 4.78 is 11.3. The standard InChI is InChI=1S/C22H22N2O3S/c1-16-23-19(15-28-16)17-9-10-21-20(13-17)24(22(25)14-27-21)11-5-6-12-26-18-7-3-2-4-8-18/h2-4,7-10,13,15H,5-6,11-12,14H2,1H3. The number of aryl methyl sites for hydroxylation is 1. The Morgan fingerprint density at radius 2 is 2.04 bits per heavy atom. The van der Waals surface area contributed by atoms with E-state index in [9.17, 15) is 4.79 Å². The minimum Gasteiger partial charge on any atom is -0.494 e. The van der Waals surface area contributed by atoms with E-state index in [2.05, 4.69) is 4.98 Å². The monoisotopic (exact) mass is 394 g/mol. The van der Waals surface area contributed by atoms with Gasteiger partial charge in [-0.3, -0.25) is 4.79 Å². The van der Waals surface area contributed by atoms with E-state index in [0.717, 1.165) is 46.3 Å². The molecule has 0 N–H and O–H groups in total. The molecule has 1 aromatic heterocycles. The Labute approximate surface area is 168 Å². The number of ether oxygens (including phenoxy) is 2. The Bertz CT molecular complexity index is 955. The highest BCUT2D eigenvalue weighted by molar-refractivity contribution is 7.09. The lowest BCUT2D eigenvalue weighted by molar-refractivity contribution is -0.121. The number of benzene rings is 2. The van der Waals surface area contributed by atoms with Gasteiger partial charge < -0.3 is 14.4 Å². The third kappa shape index (κ3) is 4.17. The number of carbonyl (C=O) groups excluding carboxylic acids is 1. The predicted molar refractivity (Wildman–Crippen MR) is 111 cm³/mol. The highest BCUT2D eigenvalue weighted by Gasteiger charge is 2.25. The Morgan fingerprint density at radius 3 is 2.82 bits per heavy atom. The highest BCUT2D eigenvalue weighted by atomic mass is 32.1. The van der Waals surface area contributed by atoms with E-state index < -0.39 is 0 Å². The lowest BCUT2D eigenvalue weighted by Crippen LogP contribution is -2.39. The summed E-state index contributed by atoms with van der Waals surface area (Å²) in [6.45, 7) is 3.35. The van der Waals surface area contributed by atoms with Crippen molar-refractivity contribution in [2.24, 2.45) is 0 Å². The van der Waals surface area contributed by atoms with Gasteiger partial charge in [0.25, 0.3) is 5.91 Å². The van der Waals surface area contributed by atoms with Crippen LogP contribution >= 0.6 is 11.3 Å². The summed E-state index contributed by atoms with van der Waals surface area (Å²) >= 11 is 1.62. The zero-order chi connectivity index (χ0) is 19.3. The second-order valence-corrected chi connectivity index (χ2v) is 7.70. The largest absolute Gasteiger partial charge is 0.494 e. The molecule has 0 saturated carbocycles. The number of para-hydroxylation sites is 1. The maximum absolute atomic E-state index is 12.5. The van der Waals surface area contributed by atoms with Crippen molar-refractivity contribution in [2.45, 2.75) is 19.8 Å². The van der Waals surface area contributed by atoms with Crippen LogP contribution in [-0.4, -0.2) is 30.6 Å². The molecule has 0 saturated heterocycles. The number of aromatic nitrogens is 1. The molecule has 0 fully saturated rings. The van der Waals surface area contributed by atoms with Crippen molar-refractivity contribution < 1.29 is 14.3 Å². The molecular formula is C22H22N2O3S. The van der Waals surface area contributed by atoms with Crippen molar-refractivity contribution in [1.29, 1.82) is 0 Å². The molecule has 144 valence electrons. The van der Waals surface area contributed by atoms with E-state index in [1.54, 1.807) is 11.3 Å². The van der Waals surface area contributed by atoms with E-state index in [4.69, 9.17) is 9.47 Å². The molecule has 2 aromatic carbocycles. The van der Waals surface area contributed by atoms with Crippen LogP contribution in [0.25, 0.3) is 11.3 Å². The van der Waals surface area contributed by atoms with Crippen LogP contribution < -0.4 is 14.4 Å². The third-order valence-electron chi connectivity index (χ3n) is 4.60. The van der Waals surface area contributed by atoms with Crippen molar-refractivity contribution in [2.75, 3.05) is 24.7 Å². The van der Waals surface area contributed by atoms with Gasteiger partial charge in [0.1, 0.15) is 11.5 Å². The zero-order valence-corrected chi connectivity index (χ0v) is 16.6. The van der Waals surface area contributed by atoms with Gasteiger partial charge in [-0.2, -0.15) is 0 Å². The van der Waals surface area contributed by atoms with Crippen molar-refractivity contribution >= 4 is 22.9 Å². The molecule has 28 heavy (non-hydrogen) atoms. The van der Waals surface area contributed by atoms with E-state index in [-0.39, 0.29) is 12.5 Å². The summed E-state index contributed by atoms with van der Waals surface area (Å²) in [4.78, 5) is 18.8. The van der Waals surface area contributed by atoms with E-state index in [1.165, 1.54) is 0 Å². The van der Waals surface area contributed by atoms with Crippen LogP contribution in [0, 0.1) is 6.92 Å². The number of hydrogen-bond donors (Lipinski definition) is 0. The number of fused-ring (bicyclic) bond motifs is 1. The molecule has 0 aliphatic carbocycles. The minimum atomic E-state index is -0.0110. The molecule has 2 heterocycles. The summed E-state index contributed by atoms with van der Waals surface area (Å²) in [7, 11) is 0. The van der Waals surface area contributed by atoms with E-state index in [0.29, 0.717) is 13.2 Å². The van der Waals surface area contributed by atoms with Crippen molar-refractivity contribution in [3.63, 3.8) is 0 Å². The molecule has 1 aliphatic rings. The Kier molecular flexibility index (Phi) is 5.58. The first kappa shape index (κ1) is 18.5. The summed E-state index contributed by atoms with van der Waals surface area (Å²) in [5.41, 5.74) is 2.75.